The molecule has 2 saturated carbocycles. The molecule has 0 amide bonds. The van der Waals surface area contributed by atoms with Gasteiger partial charge in [-0.15, -0.1) is 0 Å². The average Bonchev–Trinajstić information content (AvgIpc) is 3.61. The molecular formula is C49H68BrF4N3O8S2. The Balaban J connectivity index is 0.000000251. The number of hydrogen-bond donors (Lipinski definition) is 2. The second-order valence-corrected chi connectivity index (χ2v) is 25.9. The van der Waals surface area contributed by atoms with E-state index in [-0.39, 0.29) is 36.9 Å². The highest BCUT2D eigenvalue weighted by atomic mass is 79.9. The Morgan fingerprint density at radius 3 is 1.39 bits per heavy atom. The van der Waals surface area contributed by atoms with Crippen LogP contribution in [0.2, 0.25) is 0 Å². The van der Waals surface area contributed by atoms with Gasteiger partial charge in [0.15, 0.2) is 16.8 Å². The summed E-state index contributed by atoms with van der Waals surface area (Å²) in [6.07, 6.45) is 1.43. The fraction of sp³-hybridized carbons (Fsp3) is 0.694. The zero-order valence-electron chi connectivity index (χ0n) is 40.7. The Morgan fingerprint density at radius 1 is 0.701 bits per heavy atom. The van der Waals surface area contributed by atoms with E-state index in [0.29, 0.717) is 49.8 Å². The van der Waals surface area contributed by atoms with Gasteiger partial charge in [-0.2, -0.15) is 17.6 Å². The Kier molecular flexibility index (Phi) is 17.2. The number of halogens is 5. The monoisotopic (exact) mass is 1050 g/mol. The SMILES string of the molecule is CCOC(=O)[C@]1(N[S@@](=O)C(C)(C)C)c2cc(Br)ccc2CC12C[C@@H](C)C(OC(F)F)[C@@H](C)C2.[C-]#[N+]c1ccc2c(c1)[C@@](N[S@@](=O)C(C)(C)C)(C(=O)OCC)C1(C2)C[C@@H](C)C(OC(F)F)[C@@H](C)C1. The number of benzene rings is 2. The van der Waals surface area contributed by atoms with Gasteiger partial charge < -0.3 is 18.9 Å². The number of nitrogens with zero attached hydrogens (tertiary/aromatic N) is 1. The molecule has 2 N–H and O–H groups in total. The first-order chi connectivity index (χ1) is 31.1. The summed E-state index contributed by atoms with van der Waals surface area (Å²) in [5.74, 6) is -2.08. The Morgan fingerprint density at radius 2 is 1.06 bits per heavy atom. The summed E-state index contributed by atoms with van der Waals surface area (Å²) in [6.45, 7) is 24.0. The van der Waals surface area contributed by atoms with E-state index in [1.807, 2.05) is 93.5 Å². The van der Waals surface area contributed by atoms with Crippen LogP contribution in [0.5, 0.6) is 0 Å². The van der Waals surface area contributed by atoms with Gasteiger partial charge in [0.1, 0.15) is 0 Å². The number of hydrogen-bond acceptors (Lipinski definition) is 8. The minimum atomic E-state index is -2.88. The fourth-order valence-corrected chi connectivity index (χ4v) is 14.1. The third-order valence-corrected chi connectivity index (χ3v) is 17.8. The highest BCUT2D eigenvalue weighted by molar-refractivity contribution is 9.10. The van der Waals surface area contributed by atoms with Gasteiger partial charge in [0.25, 0.3) is 0 Å². The molecule has 0 aromatic heterocycles. The maximum absolute atomic E-state index is 13.9. The molecule has 4 aliphatic carbocycles. The van der Waals surface area contributed by atoms with Crippen molar-refractivity contribution in [2.75, 3.05) is 13.2 Å². The first-order valence-corrected chi connectivity index (χ1v) is 26.1. The molecule has 2 aromatic carbocycles. The van der Waals surface area contributed by atoms with Crippen molar-refractivity contribution in [3.05, 3.63) is 74.5 Å². The van der Waals surface area contributed by atoms with Crippen molar-refractivity contribution < 1.29 is 54.5 Å². The highest BCUT2D eigenvalue weighted by Crippen LogP contribution is 2.63. The second kappa shape index (κ2) is 20.9. The topological polar surface area (TPSA) is 134 Å². The van der Waals surface area contributed by atoms with E-state index in [0.717, 1.165) is 21.2 Å². The summed E-state index contributed by atoms with van der Waals surface area (Å²) < 4.78 is 107. The summed E-state index contributed by atoms with van der Waals surface area (Å²) in [4.78, 5) is 31.3. The molecule has 12 atom stereocenters. The lowest BCUT2D eigenvalue weighted by Crippen LogP contribution is -2.64. The number of alkyl halides is 4. The van der Waals surface area contributed by atoms with Crippen LogP contribution in [0.15, 0.2) is 40.9 Å². The number of fused-ring (bicyclic) bond motifs is 2. The van der Waals surface area contributed by atoms with Gasteiger partial charge in [-0.05, 0) is 152 Å². The minimum Gasteiger partial charge on any atom is -0.464 e. The lowest BCUT2D eigenvalue weighted by Gasteiger charge is -2.52. The van der Waals surface area contributed by atoms with Gasteiger partial charge in [-0.25, -0.2) is 32.3 Å². The zero-order chi connectivity index (χ0) is 50.2. The molecule has 18 heteroatoms. The molecule has 11 nitrogen and oxygen atoms in total. The van der Waals surface area contributed by atoms with Crippen molar-refractivity contribution in [3.63, 3.8) is 0 Å². The molecule has 2 spiro atoms. The molecule has 4 unspecified atom stereocenters. The van der Waals surface area contributed by atoms with Crippen molar-refractivity contribution in [2.45, 2.75) is 168 Å². The van der Waals surface area contributed by atoms with E-state index in [1.165, 1.54) is 0 Å². The molecule has 4 aliphatic rings. The first-order valence-electron chi connectivity index (χ1n) is 23.0. The molecule has 0 aliphatic heterocycles. The summed E-state index contributed by atoms with van der Waals surface area (Å²) >= 11 is 3.52. The molecule has 0 bridgehead atoms. The summed E-state index contributed by atoms with van der Waals surface area (Å²) in [5, 5.41) is 0. The Labute approximate surface area is 407 Å². The van der Waals surface area contributed by atoms with Gasteiger partial charge in [-0.1, -0.05) is 67.9 Å². The average molecular weight is 1050 g/mol. The molecular weight excluding hydrogens is 979 g/mol. The van der Waals surface area contributed by atoms with Crippen molar-refractivity contribution in [1.82, 2.24) is 9.44 Å². The number of carbonyl (C=O) groups is 2. The number of nitrogens with one attached hydrogen (secondary N) is 2. The van der Waals surface area contributed by atoms with Crippen LogP contribution in [0.3, 0.4) is 0 Å². The number of esters is 2. The van der Waals surface area contributed by atoms with Gasteiger partial charge in [0, 0.05) is 15.3 Å². The van der Waals surface area contributed by atoms with Crippen LogP contribution in [-0.2, 0) is 74.4 Å². The third kappa shape index (κ3) is 10.6. The number of rotatable bonds is 12. The lowest BCUT2D eigenvalue weighted by atomic mass is 9.56. The van der Waals surface area contributed by atoms with Crippen LogP contribution >= 0.6 is 15.9 Å². The third-order valence-electron chi connectivity index (χ3n) is 14.1. The van der Waals surface area contributed by atoms with Gasteiger partial charge in [-0.3, -0.25) is 0 Å². The molecule has 374 valence electrons. The number of ether oxygens (including phenoxy) is 4. The molecule has 6 rings (SSSR count). The molecule has 2 fully saturated rings. The lowest BCUT2D eigenvalue weighted by molar-refractivity contribution is -0.210. The Bertz CT molecular complexity index is 2210. The van der Waals surface area contributed by atoms with Crippen LogP contribution in [0, 0.1) is 41.1 Å². The predicted octanol–water partition coefficient (Wildman–Crippen LogP) is 10.7. The molecule has 0 saturated heterocycles. The van der Waals surface area contributed by atoms with Crippen molar-refractivity contribution in [2.24, 2.45) is 34.5 Å². The van der Waals surface area contributed by atoms with E-state index in [4.69, 9.17) is 25.5 Å². The van der Waals surface area contributed by atoms with Crippen LogP contribution in [0.4, 0.5) is 23.2 Å². The normalized spacial score (nSPS) is 32.3. The standard InChI is InChI=1S/C25H34F2N2O4S.C24H34BrF2NO4S/c1-8-32-21(30)25(29-34(31)23(4,5)6)19-11-18(28-7)10-9-17(19)14-24(25)12-15(2)20(16(3)13-24)33-22(26)27;1-7-31-20(29)24(28-33(30)22(4,5)6)18-10-17(25)9-8-16(18)13-23(24)11-14(2)19(15(3)12-23)32-21(26)27/h9-11,15-16,20,22,29H,8,12-14H2,1-6H3;8-10,14-15,19,21,28H,7,11-13H2,1-6H3/t15-,16+,20?,24?,25-,34+;14-,15+,19?,23?,24-,33+/m11/s1. The van der Waals surface area contributed by atoms with Crippen molar-refractivity contribution in [3.8, 4) is 0 Å². The van der Waals surface area contributed by atoms with Crippen molar-refractivity contribution >= 4 is 55.5 Å². The van der Waals surface area contributed by atoms with Gasteiger partial charge in [0.05, 0.1) is 63.5 Å². The van der Waals surface area contributed by atoms with Gasteiger partial charge in [0.2, 0.25) is 0 Å². The maximum Gasteiger partial charge on any atom is 0.345 e. The molecule has 0 heterocycles. The molecule has 2 aromatic rings. The van der Waals surface area contributed by atoms with Gasteiger partial charge >= 0.3 is 25.2 Å². The second-order valence-electron chi connectivity index (χ2n) is 21.0. The van der Waals surface area contributed by atoms with Crippen LogP contribution in [0.1, 0.15) is 131 Å². The van der Waals surface area contributed by atoms with Crippen LogP contribution < -0.4 is 9.44 Å². The number of carbonyl (C=O) groups excluding carboxylic acids is 2. The Hall–Kier alpha value is -2.79. The quantitative estimate of drug-likeness (QED) is 0.122. The molecule has 67 heavy (non-hydrogen) atoms. The first kappa shape index (κ1) is 55.1. The maximum atomic E-state index is 13.9. The predicted molar refractivity (Wildman–Crippen MR) is 255 cm³/mol. The van der Waals surface area contributed by atoms with Crippen LogP contribution in [0.25, 0.3) is 4.85 Å². The minimum absolute atomic E-state index is 0.126. The van der Waals surface area contributed by atoms with Crippen LogP contribution in [-0.4, -0.2) is 68.5 Å². The highest BCUT2D eigenvalue weighted by Gasteiger charge is 2.68. The summed E-state index contributed by atoms with van der Waals surface area (Å²) in [5.41, 5.74) is -0.833. The van der Waals surface area contributed by atoms with E-state index in [1.54, 1.807) is 26.0 Å². The van der Waals surface area contributed by atoms with E-state index >= 15 is 0 Å². The van der Waals surface area contributed by atoms with E-state index in [9.17, 15) is 35.6 Å². The largest absolute Gasteiger partial charge is 0.464 e. The van der Waals surface area contributed by atoms with E-state index < -0.39 is 90.7 Å². The zero-order valence-corrected chi connectivity index (χ0v) is 43.9. The van der Waals surface area contributed by atoms with E-state index in [2.05, 4.69) is 30.2 Å². The smallest absolute Gasteiger partial charge is 0.345 e. The summed E-state index contributed by atoms with van der Waals surface area (Å²) in [7, 11) is -3.24. The van der Waals surface area contributed by atoms with Crippen molar-refractivity contribution in [1.29, 1.82) is 0 Å². The molecule has 0 radical (unpaired) electrons. The fourth-order valence-electron chi connectivity index (χ4n) is 11.8. The summed E-state index contributed by atoms with van der Waals surface area (Å²) in [6, 6.07) is 11.0.